The third-order valence-electron chi connectivity index (χ3n) is 5.01. The third kappa shape index (κ3) is 3.98. The second-order valence-corrected chi connectivity index (χ2v) is 6.83. The molecule has 4 rings (SSSR count). The van der Waals surface area contributed by atoms with Crippen LogP contribution in [0.4, 0.5) is 10.2 Å². The van der Waals surface area contributed by atoms with Crippen LogP contribution in [0.2, 0.25) is 0 Å². The Kier molecular flexibility index (Phi) is 5.11. The summed E-state index contributed by atoms with van der Waals surface area (Å²) in [5, 5.41) is 7.23. The number of benzene rings is 1. The molecule has 3 aromatic rings. The van der Waals surface area contributed by atoms with Gasteiger partial charge in [0, 0.05) is 18.8 Å². The standard InChI is InChI=1S/C20H22FN5O/c1-26-12-4-5-15(26)10-11-22-18-9-8-14(13-23-18)20-24-19(25-27-20)16-6-2-3-7-17(16)21/h2-3,6-9,13,15H,4-5,10-12H2,1H3,(H,22,23)/t15-/m0/s1. The van der Waals surface area contributed by atoms with Gasteiger partial charge < -0.3 is 14.7 Å². The van der Waals surface area contributed by atoms with Crippen molar-refractivity contribution in [2.75, 3.05) is 25.5 Å². The number of likely N-dealkylation sites (tertiary alicyclic amines) is 1. The van der Waals surface area contributed by atoms with E-state index in [9.17, 15) is 4.39 Å². The number of hydrogen-bond acceptors (Lipinski definition) is 6. The first-order valence-corrected chi connectivity index (χ1v) is 9.20. The summed E-state index contributed by atoms with van der Waals surface area (Å²) in [6, 6.07) is 10.8. The van der Waals surface area contributed by atoms with Crippen LogP contribution >= 0.6 is 0 Å². The normalized spacial score (nSPS) is 17.3. The second-order valence-electron chi connectivity index (χ2n) is 6.83. The first kappa shape index (κ1) is 17.6. The Bertz CT molecular complexity index is 895. The maximum atomic E-state index is 13.8. The van der Waals surface area contributed by atoms with Crippen molar-refractivity contribution in [1.29, 1.82) is 0 Å². The van der Waals surface area contributed by atoms with Crippen LogP contribution in [0, 0.1) is 5.82 Å². The van der Waals surface area contributed by atoms with Crippen molar-refractivity contribution in [1.82, 2.24) is 20.0 Å². The predicted octanol–water partition coefficient (Wildman–Crippen LogP) is 3.83. The lowest BCUT2D eigenvalue weighted by atomic mass is 10.1. The van der Waals surface area contributed by atoms with E-state index in [-0.39, 0.29) is 11.6 Å². The number of nitrogens with one attached hydrogen (secondary N) is 1. The van der Waals surface area contributed by atoms with Crippen molar-refractivity contribution in [3.63, 3.8) is 0 Å². The molecule has 1 aromatic carbocycles. The topological polar surface area (TPSA) is 67.1 Å². The van der Waals surface area contributed by atoms with Crippen molar-refractivity contribution < 1.29 is 8.91 Å². The molecule has 140 valence electrons. The van der Waals surface area contributed by atoms with Crippen LogP contribution in [0.3, 0.4) is 0 Å². The summed E-state index contributed by atoms with van der Waals surface area (Å²) in [7, 11) is 2.19. The zero-order chi connectivity index (χ0) is 18.6. The highest BCUT2D eigenvalue weighted by Gasteiger charge is 2.20. The number of halogens is 1. The molecule has 1 aliphatic heterocycles. The fraction of sp³-hybridized carbons (Fsp3) is 0.350. The molecule has 0 spiro atoms. The van der Waals surface area contributed by atoms with Crippen LogP contribution in [0.25, 0.3) is 22.8 Å². The van der Waals surface area contributed by atoms with Gasteiger partial charge in [0.1, 0.15) is 11.6 Å². The summed E-state index contributed by atoms with van der Waals surface area (Å²) in [5.41, 5.74) is 1.02. The number of nitrogens with zero attached hydrogens (tertiary/aromatic N) is 4. The molecule has 0 aliphatic carbocycles. The number of hydrogen-bond donors (Lipinski definition) is 1. The quantitative estimate of drug-likeness (QED) is 0.714. The molecule has 2 aromatic heterocycles. The minimum Gasteiger partial charge on any atom is -0.370 e. The smallest absolute Gasteiger partial charge is 0.259 e. The molecule has 27 heavy (non-hydrogen) atoms. The van der Waals surface area contributed by atoms with E-state index in [1.165, 1.54) is 25.5 Å². The van der Waals surface area contributed by atoms with E-state index in [0.717, 1.165) is 18.8 Å². The van der Waals surface area contributed by atoms with Gasteiger partial charge in [-0.1, -0.05) is 17.3 Å². The number of pyridine rings is 1. The van der Waals surface area contributed by atoms with Crippen molar-refractivity contribution in [2.24, 2.45) is 0 Å². The SMILES string of the molecule is CN1CCC[C@H]1CCNc1ccc(-c2nc(-c3ccccc3F)no2)cn1. The molecule has 0 bridgehead atoms. The highest BCUT2D eigenvalue weighted by Crippen LogP contribution is 2.24. The van der Waals surface area contributed by atoms with Crippen molar-refractivity contribution >= 4 is 5.82 Å². The molecule has 1 fully saturated rings. The first-order valence-electron chi connectivity index (χ1n) is 9.20. The van der Waals surface area contributed by atoms with Gasteiger partial charge in [0.2, 0.25) is 5.82 Å². The third-order valence-corrected chi connectivity index (χ3v) is 5.01. The molecule has 7 heteroatoms. The van der Waals surface area contributed by atoms with Gasteiger partial charge in [0.05, 0.1) is 11.1 Å². The van der Waals surface area contributed by atoms with Gasteiger partial charge in [-0.25, -0.2) is 9.37 Å². The molecule has 6 nitrogen and oxygen atoms in total. The lowest BCUT2D eigenvalue weighted by molar-refractivity contribution is 0.301. The average Bonchev–Trinajstić information content (AvgIpc) is 3.32. The van der Waals surface area contributed by atoms with Crippen LogP contribution < -0.4 is 5.32 Å². The minimum absolute atomic E-state index is 0.228. The van der Waals surface area contributed by atoms with Gasteiger partial charge in [-0.3, -0.25) is 0 Å². The van der Waals surface area contributed by atoms with E-state index in [1.807, 2.05) is 12.1 Å². The predicted molar refractivity (Wildman–Crippen MR) is 102 cm³/mol. The molecular weight excluding hydrogens is 345 g/mol. The van der Waals surface area contributed by atoms with Crippen molar-refractivity contribution in [3.05, 3.63) is 48.4 Å². The fourth-order valence-electron chi connectivity index (χ4n) is 3.43. The monoisotopic (exact) mass is 367 g/mol. The van der Waals surface area contributed by atoms with Crippen LogP contribution in [-0.4, -0.2) is 46.2 Å². The Balaban J connectivity index is 1.38. The minimum atomic E-state index is -0.379. The maximum absolute atomic E-state index is 13.8. The Morgan fingerprint density at radius 1 is 1.26 bits per heavy atom. The molecular formula is C20H22FN5O. The molecule has 1 atom stereocenters. The van der Waals surface area contributed by atoms with Crippen LogP contribution in [-0.2, 0) is 0 Å². The van der Waals surface area contributed by atoms with Gasteiger partial charge >= 0.3 is 0 Å². The molecule has 1 aliphatic rings. The summed E-state index contributed by atoms with van der Waals surface area (Å²) < 4.78 is 19.1. The van der Waals surface area contributed by atoms with E-state index >= 15 is 0 Å². The lowest BCUT2D eigenvalue weighted by Crippen LogP contribution is -2.27. The molecule has 0 amide bonds. The zero-order valence-corrected chi connectivity index (χ0v) is 15.2. The molecule has 0 saturated carbocycles. The largest absolute Gasteiger partial charge is 0.370 e. The molecule has 1 saturated heterocycles. The van der Waals surface area contributed by atoms with Gasteiger partial charge in [-0.05, 0) is 57.1 Å². The summed E-state index contributed by atoms with van der Waals surface area (Å²) in [4.78, 5) is 11.1. The summed E-state index contributed by atoms with van der Waals surface area (Å²) in [6.07, 6.45) is 5.34. The van der Waals surface area contributed by atoms with Crippen molar-refractivity contribution in [2.45, 2.75) is 25.3 Å². The second kappa shape index (κ2) is 7.84. The lowest BCUT2D eigenvalue weighted by Gasteiger charge is -2.19. The molecule has 3 heterocycles. The molecule has 0 unspecified atom stereocenters. The summed E-state index contributed by atoms with van der Waals surface area (Å²) in [5.74, 6) is 0.981. The Hall–Kier alpha value is -2.80. The van der Waals surface area contributed by atoms with E-state index in [1.54, 1.807) is 24.4 Å². The van der Waals surface area contributed by atoms with Crippen molar-refractivity contribution in [3.8, 4) is 22.8 Å². The Labute approximate surface area is 157 Å². The molecule has 1 N–H and O–H groups in total. The van der Waals surface area contributed by atoms with E-state index < -0.39 is 0 Å². The van der Waals surface area contributed by atoms with Gasteiger partial charge in [-0.15, -0.1) is 0 Å². The zero-order valence-electron chi connectivity index (χ0n) is 15.2. The summed E-state index contributed by atoms with van der Waals surface area (Å²) >= 11 is 0. The van der Waals surface area contributed by atoms with E-state index in [4.69, 9.17) is 4.52 Å². The van der Waals surface area contributed by atoms with Crippen LogP contribution in [0.1, 0.15) is 19.3 Å². The van der Waals surface area contributed by atoms with Crippen LogP contribution in [0.15, 0.2) is 47.1 Å². The van der Waals surface area contributed by atoms with Crippen LogP contribution in [0.5, 0.6) is 0 Å². The number of rotatable bonds is 6. The highest BCUT2D eigenvalue weighted by atomic mass is 19.1. The van der Waals surface area contributed by atoms with Gasteiger partial charge in [-0.2, -0.15) is 4.98 Å². The summed E-state index contributed by atoms with van der Waals surface area (Å²) in [6.45, 7) is 2.08. The number of aromatic nitrogens is 3. The van der Waals surface area contributed by atoms with Gasteiger partial charge in [0.15, 0.2) is 0 Å². The van der Waals surface area contributed by atoms with E-state index in [0.29, 0.717) is 23.1 Å². The number of anilines is 1. The Morgan fingerprint density at radius 2 is 2.15 bits per heavy atom. The molecule has 0 radical (unpaired) electrons. The first-order chi connectivity index (χ1) is 13.2. The Morgan fingerprint density at radius 3 is 2.89 bits per heavy atom. The highest BCUT2D eigenvalue weighted by molar-refractivity contribution is 5.60. The van der Waals surface area contributed by atoms with E-state index in [2.05, 4.69) is 32.4 Å². The maximum Gasteiger partial charge on any atom is 0.259 e. The van der Waals surface area contributed by atoms with Gasteiger partial charge in [0.25, 0.3) is 5.89 Å². The fourth-order valence-corrected chi connectivity index (χ4v) is 3.43. The average molecular weight is 367 g/mol.